The Hall–Kier alpha value is -0.380. The number of hydrogen-bond donors (Lipinski definition) is 1. The third kappa shape index (κ3) is 1.56. The van der Waals surface area contributed by atoms with Crippen molar-refractivity contribution in [3.05, 3.63) is 23.7 Å². The Morgan fingerprint density at radius 3 is 2.70 bits per heavy atom. The highest BCUT2D eigenvalue weighted by Crippen LogP contribution is 2.33. The van der Waals surface area contributed by atoms with E-state index in [4.69, 9.17) is 5.73 Å². The van der Waals surface area contributed by atoms with Crippen LogP contribution in [0.1, 0.15) is 6.42 Å². The highest BCUT2D eigenvalue weighted by molar-refractivity contribution is 9.10. The van der Waals surface area contributed by atoms with Crippen LogP contribution in [0.2, 0.25) is 0 Å². The smallest absolute Gasteiger partial charge is 0.189 e. The lowest BCUT2D eigenvalue weighted by atomic mass is 10.1. The maximum Gasteiger partial charge on any atom is 0.189 e. The quantitative estimate of drug-likeness (QED) is 0.609. The van der Waals surface area contributed by atoms with Gasteiger partial charge in [0.15, 0.2) is 4.58 Å². The molecule has 0 spiro atoms. The summed E-state index contributed by atoms with van der Waals surface area (Å²) in [6.07, 6.45) is 2.21. The Balaban J connectivity index is 2.87. The molecule has 0 saturated heterocycles. The Morgan fingerprint density at radius 2 is 2.30 bits per heavy atom. The van der Waals surface area contributed by atoms with Gasteiger partial charge in [0.25, 0.3) is 0 Å². The molecule has 1 rings (SSSR count). The van der Waals surface area contributed by atoms with Gasteiger partial charge in [-0.2, -0.15) is 0 Å². The molecule has 1 atom stereocenters. The van der Waals surface area contributed by atoms with Crippen molar-refractivity contribution < 1.29 is 8.78 Å². The molecule has 2 N–H and O–H groups in total. The first kappa shape index (κ1) is 7.72. The van der Waals surface area contributed by atoms with E-state index >= 15 is 0 Å². The summed E-state index contributed by atoms with van der Waals surface area (Å²) in [5, 5.41) is 0. The molecule has 0 aromatic rings. The summed E-state index contributed by atoms with van der Waals surface area (Å²) in [7, 11) is 0. The standard InChI is InChI=1S/C6H6BrF2N/c7-6(9)2-1-5(10)4(8)3-6/h1,3H,2,10H2. The number of nitrogens with two attached hydrogens (primary N) is 1. The minimum atomic E-state index is -1.75. The highest BCUT2D eigenvalue weighted by atomic mass is 79.9. The van der Waals surface area contributed by atoms with E-state index in [0.717, 1.165) is 6.08 Å². The van der Waals surface area contributed by atoms with Crippen LogP contribution in [-0.4, -0.2) is 4.58 Å². The van der Waals surface area contributed by atoms with Crippen LogP contribution in [0.3, 0.4) is 0 Å². The van der Waals surface area contributed by atoms with E-state index in [-0.39, 0.29) is 12.1 Å². The lowest BCUT2D eigenvalue weighted by Gasteiger charge is -2.16. The largest absolute Gasteiger partial charge is 0.397 e. The van der Waals surface area contributed by atoms with Crippen LogP contribution in [-0.2, 0) is 0 Å². The van der Waals surface area contributed by atoms with Crippen molar-refractivity contribution in [2.45, 2.75) is 11.0 Å². The average molecular weight is 210 g/mol. The van der Waals surface area contributed by atoms with Gasteiger partial charge in [0.05, 0.1) is 5.70 Å². The van der Waals surface area contributed by atoms with E-state index in [2.05, 4.69) is 15.9 Å². The second-order valence-electron chi connectivity index (χ2n) is 2.12. The summed E-state index contributed by atoms with van der Waals surface area (Å²) >= 11 is 2.68. The summed E-state index contributed by atoms with van der Waals surface area (Å²) in [5.74, 6) is -0.703. The minimum absolute atomic E-state index is 0.00715. The molecule has 0 fully saturated rings. The molecule has 1 aliphatic carbocycles. The molecule has 0 aromatic heterocycles. The maximum absolute atomic E-state index is 12.8. The van der Waals surface area contributed by atoms with Crippen LogP contribution in [0.25, 0.3) is 0 Å². The molecular weight excluding hydrogens is 204 g/mol. The molecule has 0 heterocycles. The van der Waals surface area contributed by atoms with Crippen LogP contribution in [0.5, 0.6) is 0 Å². The molecule has 0 amide bonds. The molecule has 0 aromatic carbocycles. The van der Waals surface area contributed by atoms with E-state index in [9.17, 15) is 8.78 Å². The Labute approximate surface area is 65.7 Å². The summed E-state index contributed by atoms with van der Waals surface area (Å²) in [5.41, 5.74) is 5.14. The molecule has 0 saturated carbocycles. The summed E-state index contributed by atoms with van der Waals surface area (Å²) in [4.78, 5) is 0. The predicted molar refractivity (Wildman–Crippen MR) is 38.8 cm³/mol. The van der Waals surface area contributed by atoms with Gasteiger partial charge >= 0.3 is 0 Å². The first-order chi connectivity index (χ1) is 4.51. The molecule has 4 heteroatoms. The molecule has 56 valence electrons. The highest BCUT2D eigenvalue weighted by Gasteiger charge is 2.26. The lowest BCUT2D eigenvalue weighted by molar-refractivity contribution is 0.357. The van der Waals surface area contributed by atoms with Crippen LogP contribution in [0, 0.1) is 0 Å². The van der Waals surface area contributed by atoms with Crippen LogP contribution in [0.15, 0.2) is 23.7 Å². The topological polar surface area (TPSA) is 26.0 Å². The zero-order valence-corrected chi connectivity index (χ0v) is 6.66. The Bertz CT molecular complexity index is 208. The van der Waals surface area contributed by atoms with Crippen molar-refractivity contribution in [1.29, 1.82) is 0 Å². The van der Waals surface area contributed by atoms with Crippen molar-refractivity contribution >= 4 is 15.9 Å². The van der Waals surface area contributed by atoms with E-state index in [1.54, 1.807) is 0 Å². The summed E-state index contributed by atoms with van der Waals surface area (Å²) in [6.45, 7) is 0. The van der Waals surface area contributed by atoms with Crippen molar-refractivity contribution in [3.63, 3.8) is 0 Å². The third-order valence-electron chi connectivity index (χ3n) is 1.21. The molecule has 10 heavy (non-hydrogen) atoms. The molecule has 0 bridgehead atoms. The first-order valence-electron chi connectivity index (χ1n) is 2.73. The lowest BCUT2D eigenvalue weighted by Crippen LogP contribution is -2.15. The molecule has 1 nitrogen and oxygen atoms in total. The molecule has 0 aliphatic heterocycles. The van der Waals surface area contributed by atoms with Crippen LogP contribution >= 0.6 is 15.9 Å². The zero-order chi connectivity index (χ0) is 7.78. The fourth-order valence-corrected chi connectivity index (χ4v) is 1.03. The summed E-state index contributed by atoms with van der Waals surface area (Å²) < 4.78 is 23.5. The number of allylic oxidation sites excluding steroid dienone is 3. The number of alkyl halides is 2. The van der Waals surface area contributed by atoms with Gasteiger partial charge in [0.2, 0.25) is 0 Å². The van der Waals surface area contributed by atoms with E-state index < -0.39 is 10.4 Å². The van der Waals surface area contributed by atoms with Gasteiger partial charge in [0.1, 0.15) is 5.83 Å². The van der Waals surface area contributed by atoms with E-state index in [0.29, 0.717) is 0 Å². The van der Waals surface area contributed by atoms with Gasteiger partial charge in [-0.15, -0.1) is 0 Å². The van der Waals surface area contributed by atoms with E-state index in [1.807, 2.05) is 0 Å². The van der Waals surface area contributed by atoms with Gasteiger partial charge in [-0.25, -0.2) is 8.78 Å². The number of halogens is 3. The second kappa shape index (κ2) is 2.34. The zero-order valence-electron chi connectivity index (χ0n) is 5.07. The van der Waals surface area contributed by atoms with Gasteiger partial charge in [-0.1, -0.05) is 6.08 Å². The number of hydrogen-bond acceptors (Lipinski definition) is 1. The van der Waals surface area contributed by atoms with Crippen molar-refractivity contribution in [2.75, 3.05) is 0 Å². The van der Waals surface area contributed by atoms with Crippen LogP contribution in [0.4, 0.5) is 8.78 Å². The second-order valence-corrected chi connectivity index (χ2v) is 3.44. The molecule has 1 unspecified atom stereocenters. The first-order valence-corrected chi connectivity index (χ1v) is 3.53. The van der Waals surface area contributed by atoms with Crippen molar-refractivity contribution in [1.82, 2.24) is 0 Å². The normalized spacial score (nSPS) is 33.1. The Kier molecular flexibility index (Phi) is 1.81. The summed E-state index contributed by atoms with van der Waals surface area (Å²) in [6, 6.07) is 0. The molecular formula is C6H6BrF2N. The fourth-order valence-electron chi connectivity index (χ4n) is 0.671. The van der Waals surface area contributed by atoms with Crippen LogP contribution < -0.4 is 5.73 Å². The Morgan fingerprint density at radius 1 is 1.70 bits per heavy atom. The van der Waals surface area contributed by atoms with Gasteiger partial charge in [-0.3, -0.25) is 0 Å². The molecule has 1 aliphatic rings. The van der Waals surface area contributed by atoms with E-state index in [1.165, 1.54) is 6.08 Å². The van der Waals surface area contributed by atoms with Gasteiger partial charge < -0.3 is 5.73 Å². The fraction of sp³-hybridized carbons (Fsp3) is 0.333. The monoisotopic (exact) mass is 209 g/mol. The predicted octanol–water partition coefficient (Wildman–Crippen LogP) is 2.15. The SMILES string of the molecule is NC1=CCC(F)(Br)C=C1F. The average Bonchev–Trinajstić information content (AvgIpc) is 1.79. The third-order valence-corrected chi connectivity index (χ3v) is 1.76. The van der Waals surface area contributed by atoms with Gasteiger partial charge in [-0.05, 0) is 15.9 Å². The van der Waals surface area contributed by atoms with Crippen molar-refractivity contribution in [2.24, 2.45) is 5.73 Å². The number of rotatable bonds is 0. The minimum Gasteiger partial charge on any atom is -0.397 e. The van der Waals surface area contributed by atoms with Crippen molar-refractivity contribution in [3.8, 4) is 0 Å². The maximum atomic E-state index is 12.8. The van der Waals surface area contributed by atoms with Gasteiger partial charge in [0, 0.05) is 12.5 Å². The molecule has 0 radical (unpaired) electrons.